The van der Waals surface area contributed by atoms with Gasteiger partial charge in [-0.05, 0) is 48.7 Å². The van der Waals surface area contributed by atoms with Crippen molar-refractivity contribution in [1.29, 1.82) is 0 Å². The van der Waals surface area contributed by atoms with E-state index in [2.05, 4.69) is 24.2 Å². The number of hydrogen-bond acceptors (Lipinski definition) is 2. The summed E-state index contributed by atoms with van der Waals surface area (Å²) < 4.78 is 7.64. The van der Waals surface area contributed by atoms with Gasteiger partial charge in [0.1, 0.15) is 12.4 Å². The van der Waals surface area contributed by atoms with Gasteiger partial charge in [0, 0.05) is 6.20 Å². The molecule has 0 spiro atoms. The Labute approximate surface area is 135 Å². The fraction of sp³-hybridized carbons (Fsp3) is 0.167. The van der Waals surface area contributed by atoms with Crippen LogP contribution in [0.1, 0.15) is 16.7 Å². The number of halogens is 1. The molecular formula is C18H17ClN2O. The largest absolute Gasteiger partial charge is 0.487 e. The second-order valence-corrected chi connectivity index (χ2v) is 5.70. The van der Waals surface area contributed by atoms with Gasteiger partial charge in [-0.15, -0.1) is 0 Å². The Hall–Kier alpha value is -2.26. The lowest BCUT2D eigenvalue weighted by Crippen LogP contribution is -1.99. The van der Waals surface area contributed by atoms with E-state index in [1.165, 1.54) is 5.56 Å². The molecule has 3 aromatic rings. The molecule has 1 heterocycles. The maximum Gasteiger partial charge on any atom is 0.138 e. The molecule has 0 radical (unpaired) electrons. The van der Waals surface area contributed by atoms with Gasteiger partial charge in [-0.3, -0.25) is 0 Å². The van der Waals surface area contributed by atoms with Gasteiger partial charge in [-0.1, -0.05) is 35.9 Å². The number of nitrogens with zero attached hydrogens (tertiary/aromatic N) is 2. The van der Waals surface area contributed by atoms with Crippen LogP contribution in [-0.2, 0) is 6.61 Å². The van der Waals surface area contributed by atoms with Gasteiger partial charge in [-0.2, -0.15) is 5.10 Å². The quantitative estimate of drug-likeness (QED) is 0.697. The van der Waals surface area contributed by atoms with Crippen LogP contribution in [-0.4, -0.2) is 9.78 Å². The summed E-state index contributed by atoms with van der Waals surface area (Å²) in [5.74, 6) is 0.678. The number of rotatable bonds is 4. The molecule has 3 nitrogen and oxygen atoms in total. The van der Waals surface area contributed by atoms with Crippen molar-refractivity contribution in [2.45, 2.75) is 20.5 Å². The Balaban J connectivity index is 1.77. The third-order valence-corrected chi connectivity index (χ3v) is 3.83. The Morgan fingerprint density at radius 1 is 1.14 bits per heavy atom. The molecule has 0 unspecified atom stereocenters. The van der Waals surface area contributed by atoms with Crippen molar-refractivity contribution in [2.75, 3.05) is 0 Å². The Morgan fingerprint density at radius 2 is 1.95 bits per heavy atom. The van der Waals surface area contributed by atoms with E-state index in [0.29, 0.717) is 17.4 Å². The van der Waals surface area contributed by atoms with Gasteiger partial charge in [-0.25, -0.2) is 4.68 Å². The molecule has 22 heavy (non-hydrogen) atoms. The predicted octanol–water partition coefficient (Wildman–Crippen LogP) is 4.72. The molecule has 4 heteroatoms. The summed E-state index contributed by atoms with van der Waals surface area (Å²) in [4.78, 5) is 0. The first-order chi connectivity index (χ1) is 10.6. The molecule has 0 amide bonds. The molecule has 0 aliphatic carbocycles. The zero-order valence-corrected chi connectivity index (χ0v) is 13.3. The van der Waals surface area contributed by atoms with Crippen molar-refractivity contribution in [3.8, 4) is 11.4 Å². The molecule has 0 atom stereocenters. The van der Waals surface area contributed by atoms with Gasteiger partial charge in [0.05, 0.1) is 16.9 Å². The Kier molecular flexibility index (Phi) is 4.16. The minimum absolute atomic E-state index is 0.507. The summed E-state index contributed by atoms with van der Waals surface area (Å²) in [6.07, 6.45) is 3.77. The second kappa shape index (κ2) is 6.24. The summed E-state index contributed by atoms with van der Waals surface area (Å²) in [5, 5.41) is 4.86. The van der Waals surface area contributed by atoms with Crippen molar-refractivity contribution in [3.05, 3.63) is 76.6 Å². The lowest BCUT2D eigenvalue weighted by Gasteiger charge is -2.11. The average Bonchev–Trinajstić information content (AvgIpc) is 2.94. The minimum atomic E-state index is 0.507. The van der Waals surface area contributed by atoms with Crippen molar-refractivity contribution >= 4 is 11.6 Å². The van der Waals surface area contributed by atoms with Crippen LogP contribution in [0.3, 0.4) is 0 Å². The fourth-order valence-electron chi connectivity index (χ4n) is 2.23. The highest BCUT2D eigenvalue weighted by Gasteiger charge is 2.06. The monoisotopic (exact) mass is 312 g/mol. The maximum absolute atomic E-state index is 6.33. The van der Waals surface area contributed by atoms with E-state index < -0.39 is 0 Å². The molecule has 0 saturated heterocycles. The Morgan fingerprint density at radius 3 is 2.64 bits per heavy atom. The van der Waals surface area contributed by atoms with Crippen LogP contribution >= 0.6 is 11.6 Å². The summed E-state index contributed by atoms with van der Waals surface area (Å²) in [7, 11) is 0. The molecule has 2 aromatic carbocycles. The van der Waals surface area contributed by atoms with E-state index in [0.717, 1.165) is 16.8 Å². The van der Waals surface area contributed by atoms with Crippen molar-refractivity contribution in [3.63, 3.8) is 0 Å². The van der Waals surface area contributed by atoms with Crippen LogP contribution in [0.15, 0.2) is 54.9 Å². The minimum Gasteiger partial charge on any atom is -0.487 e. The van der Waals surface area contributed by atoms with Gasteiger partial charge in [0.15, 0.2) is 0 Å². The summed E-state index contributed by atoms with van der Waals surface area (Å²) >= 11 is 6.33. The standard InChI is InChI=1S/C18H17ClN2O/c1-13-10-20-21(11-13)16-7-8-18(17(19)9-16)22-12-15-6-4-3-5-14(15)2/h3-11H,12H2,1-2H3. The van der Waals surface area contributed by atoms with Crippen molar-refractivity contribution < 1.29 is 4.74 Å². The van der Waals surface area contributed by atoms with Crippen LogP contribution in [0, 0.1) is 13.8 Å². The van der Waals surface area contributed by atoms with Crippen LogP contribution in [0.4, 0.5) is 0 Å². The number of aromatic nitrogens is 2. The average molecular weight is 313 g/mol. The SMILES string of the molecule is Cc1cnn(-c2ccc(OCc3ccccc3C)c(Cl)c2)c1. The zero-order chi connectivity index (χ0) is 15.5. The summed E-state index contributed by atoms with van der Waals surface area (Å²) in [6.45, 7) is 4.58. The normalized spacial score (nSPS) is 10.7. The third-order valence-electron chi connectivity index (χ3n) is 3.54. The molecule has 0 saturated carbocycles. The van der Waals surface area contributed by atoms with Crippen LogP contribution in [0.2, 0.25) is 5.02 Å². The van der Waals surface area contributed by atoms with E-state index in [4.69, 9.17) is 16.3 Å². The lowest BCUT2D eigenvalue weighted by molar-refractivity contribution is 0.305. The molecule has 0 aliphatic rings. The molecule has 1 aromatic heterocycles. The van der Waals surface area contributed by atoms with Crippen molar-refractivity contribution in [1.82, 2.24) is 9.78 Å². The number of benzene rings is 2. The lowest BCUT2D eigenvalue weighted by atomic mass is 10.1. The topological polar surface area (TPSA) is 27.1 Å². The highest BCUT2D eigenvalue weighted by atomic mass is 35.5. The highest BCUT2D eigenvalue weighted by Crippen LogP contribution is 2.28. The van der Waals surface area contributed by atoms with Gasteiger partial charge in [0.25, 0.3) is 0 Å². The third kappa shape index (κ3) is 3.15. The van der Waals surface area contributed by atoms with E-state index in [1.54, 1.807) is 4.68 Å². The van der Waals surface area contributed by atoms with Crippen LogP contribution in [0.5, 0.6) is 5.75 Å². The molecule has 0 bridgehead atoms. The number of hydrogen-bond donors (Lipinski definition) is 0. The zero-order valence-electron chi connectivity index (χ0n) is 12.6. The van der Waals surface area contributed by atoms with E-state index >= 15 is 0 Å². The first kappa shape index (κ1) is 14.7. The van der Waals surface area contributed by atoms with E-state index in [1.807, 2.05) is 49.6 Å². The fourth-order valence-corrected chi connectivity index (χ4v) is 2.46. The Bertz CT molecular complexity index is 795. The summed E-state index contributed by atoms with van der Waals surface area (Å²) in [5.41, 5.74) is 4.39. The number of ether oxygens (including phenoxy) is 1. The van der Waals surface area contributed by atoms with Crippen molar-refractivity contribution in [2.24, 2.45) is 0 Å². The number of aryl methyl sites for hydroxylation is 2. The first-order valence-corrected chi connectivity index (χ1v) is 7.50. The van der Waals surface area contributed by atoms with E-state index in [-0.39, 0.29) is 0 Å². The smallest absolute Gasteiger partial charge is 0.138 e. The molecule has 3 rings (SSSR count). The van der Waals surface area contributed by atoms with Gasteiger partial charge < -0.3 is 4.74 Å². The first-order valence-electron chi connectivity index (χ1n) is 7.12. The molecule has 0 N–H and O–H groups in total. The highest BCUT2D eigenvalue weighted by molar-refractivity contribution is 6.32. The molecule has 0 fully saturated rings. The molecule has 112 valence electrons. The van der Waals surface area contributed by atoms with Crippen LogP contribution < -0.4 is 4.74 Å². The van der Waals surface area contributed by atoms with Crippen LogP contribution in [0.25, 0.3) is 5.69 Å². The maximum atomic E-state index is 6.33. The van der Waals surface area contributed by atoms with Gasteiger partial charge in [0.2, 0.25) is 0 Å². The molecular weight excluding hydrogens is 296 g/mol. The molecule has 0 aliphatic heterocycles. The predicted molar refractivity (Wildman–Crippen MR) is 88.8 cm³/mol. The van der Waals surface area contributed by atoms with Gasteiger partial charge >= 0.3 is 0 Å². The van der Waals surface area contributed by atoms with E-state index in [9.17, 15) is 0 Å². The summed E-state index contributed by atoms with van der Waals surface area (Å²) in [6, 6.07) is 13.9. The second-order valence-electron chi connectivity index (χ2n) is 5.29.